The molecule has 0 saturated carbocycles. The van der Waals surface area contributed by atoms with Crippen molar-refractivity contribution in [1.29, 1.82) is 0 Å². The lowest BCUT2D eigenvalue weighted by Crippen LogP contribution is -2.34. The van der Waals surface area contributed by atoms with Crippen molar-refractivity contribution in [3.05, 3.63) is 89.7 Å². The molecule has 5 heteroatoms. The maximum atomic E-state index is 12.3. The zero-order valence-electron chi connectivity index (χ0n) is 17.4. The highest BCUT2D eigenvalue weighted by atomic mass is 16.2. The number of hydrogen-bond acceptors (Lipinski definition) is 3. The number of likely N-dealkylation sites (tertiary alicyclic amines) is 2. The van der Waals surface area contributed by atoms with Gasteiger partial charge in [0.05, 0.1) is 18.8 Å². The molecule has 3 atom stereocenters. The van der Waals surface area contributed by atoms with E-state index in [4.69, 9.17) is 0 Å². The third-order valence-electron chi connectivity index (χ3n) is 6.57. The van der Waals surface area contributed by atoms with Crippen molar-refractivity contribution < 1.29 is 4.79 Å². The first kappa shape index (κ1) is 19.1. The van der Waals surface area contributed by atoms with E-state index >= 15 is 0 Å². The molecule has 30 heavy (non-hydrogen) atoms. The zero-order chi connectivity index (χ0) is 20.5. The van der Waals surface area contributed by atoms with Crippen LogP contribution in [0.3, 0.4) is 0 Å². The van der Waals surface area contributed by atoms with Crippen molar-refractivity contribution in [3.63, 3.8) is 0 Å². The maximum Gasteiger partial charge on any atom is 0.219 e. The lowest BCUT2D eigenvalue weighted by atomic mass is 9.89. The molecule has 0 aliphatic carbocycles. The molecule has 2 saturated heterocycles. The molecule has 1 aromatic heterocycles. The first-order chi connectivity index (χ1) is 14.7. The molecule has 2 aromatic carbocycles. The molecule has 5 rings (SSSR count). The summed E-state index contributed by atoms with van der Waals surface area (Å²) >= 11 is 0. The molecular weight excluding hydrogens is 372 g/mol. The minimum Gasteiger partial charge on any atom is -0.335 e. The molecule has 5 nitrogen and oxygen atoms in total. The number of fused-ring (bicyclic) bond motifs is 1. The van der Waals surface area contributed by atoms with Crippen molar-refractivity contribution in [3.8, 4) is 0 Å². The van der Waals surface area contributed by atoms with Gasteiger partial charge in [-0.25, -0.2) is 0 Å². The van der Waals surface area contributed by atoms with Crippen LogP contribution in [0, 0.1) is 11.8 Å². The Hall–Kier alpha value is -2.92. The summed E-state index contributed by atoms with van der Waals surface area (Å²) in [5.41, 5.74) is 3.78. The van der Waals surface area contributed by atoms with Crippen LogP contribution < -0.4 is 0 Å². The largest absolute Gasteiger partial charge is 0.335 e. The number of rotatable bonds is 5. The Bertz CT molecular complexity index is 1000. The van der Waals surface area contributed by atoms with Crippen LogP contribution >= 0.6 is 0 Å². The number of nitrogens with zero attached hydrogens (tertiary/aromatic N) is 4. The van der Waals surface area contributed by atoms with Gasteiger partial charge in [0, 0.05) is 50.8 Å². The highest BCUT2D eigenvalue weighted by molar-refractivity contribution is 5.74. The molecule has 0 radical (unpaired) electrons. The summed E-state index contributed by atoms with van der Waals surface area (Å²) in [4.78, 5) is 16.9. The van der Waals surface area contributed by atoms with Crippen LogP contribution in [-0.2, 0) is 17.9 Å². The molecule has 2 aliphatic rings. The minimum absolute atomic E-state index is 0.187. The number of hydrogen-bond donors (Lipinski definition) is 0. The van der Waals surface area contributed by atoms with Gasteiger partial charge in [0.2, 0.25) is 5.91 Å². The van der Waals surface area contributed by atoms with Gasteiger partial charge in [-0.2, -0.15) is 5.10 Å². The number of aromatic nitrogens is 2. The maximum absolute atomic E-state index is 12.3. The van der Waals surface area contributed by atoms with E-state index in [0.29, 0.717) is 11.8 Å². The molecular formula is C25H28N4O. The molecule has 3 aromatic rings. The van der Waals surface area contributed by atoms with Gasteiger partial charge in [-0.3, -0.25) is 14.4 Å². The topological polar surface area (TPSA) is 41.4 Å². The van der Waals surface area contributed by atoms with Crippen molar-refractivity contribution >= 4 is 5.91 Å². The monoisotopic (exact) mass is 400 g/mol. The van der Waals surface area contributed by atoms with Crippen LogP contribution in [0.4, 0.5) is 0 Å². The predicted octanol–water partition coefficient (Wildman–Crippen LogP) is 3.58. The molecule has 0 N–H and O–H groups in total. The summed E-state index contributed by atoms with van der Waals surface area (Å²) in [5, 5.41) is 4.56. The molecule has 3 heterocycles. The van der Waals surface area contributed by atoms with Crippen LogP contribution in [0.1, 0.15) is 29.7 Å². The first-order valence-corrected chi connectivity index (χ1v) is 10.8. The molecule has 0 spiro atoms. The van der Waals surface area contributed by atoms with E-state index in [9.17, 15) is 4.79 Å². The van der Waals surface area contributed by atoms with Crippen LogP contribution in [0.25, 0.3) is 0 Å². The predicted molar refractivity (Wildman–Crippen MR) is 117 cm³/mol. The van der Waals surface area contributed by atoms with Crippen LogP contribution in [0.2, 0.25) is 0 Å². The second-order valence-electron chi connectivity index (χ2n) is 8.68. The fourth-order valence-electron chi connectivity index (χ4n) is 5.27. The van der Waals surface area contributed by atoms with Crippen LogP contribution in [0.15, 0.2) is 73.1 Å². The average molecular weight is 401 g/mol. The third kappa shape index (κ3) is 3.77. The Morgan fingerprint density at radius 3 is 2.40 bits per heavy atom. The highest BCUT2D eigenvalue weighted by Crippen LogP contribution is 2.45. The smallest absolute Gasteiger partial charge is 0.219 e. The summed E-state index contributed by atoms with van der Waals surface area (Å²) in [6.07, 6.45) is 4.16. The molecule has 2 aliphatic heterocycles. The van der Waals surface area contributed by atoms with E-state index < -0.39 is 0 Å². The van der Waals surface area contributed by atoms with Gasteiger partial charge in [-0.1, -0.05) is 60.7 Å². The lowest BCUT2D eigenvalue weighted by molar-refractivity contribution is -0.130. The van der Waals surface area contributed by atoms with Crippen molar-refractivity contribution in [1.82, 2.24) is 19.6 Å². The van der Waals surface area contributed by atoms with Gasteiger partial charge in [-0.05, 0) is 17.0 Å². The van der Waals surface area contributed by atoms with Gasteiger partial charge in [-0.15, -0.1) is 0 Å². The zero-order valence-corrected chi connectivity index (χ0v) is 17.4. The van der Waals surface area contributed by atoms with Gasteiger partial charge in [0.25, 0.3) is 0 Å². The first-order valence-electron chi connectivity index (χ1n) is 10.8. The summed E-state index contributed by atoms with van der Waals surface area (Å²) in [5.74, 6) is 1.22. The molecule has 0 unspecified atom stereocenters. The Kier molecular flexibility index (Phi) is 5.13. The minimum atomic E-state index is 0.187. The molecule has 1 amide bonds. The SMILES string of the molecule is CC(=O)N1C[C@H]2CN(Cc3cnn(Cc4ccccc4)c3)C[C@H]2[C@@H]1c1ccccc1. The summed E-state index contributed by atoms with van der Waals surface area (Å²) in [7, 11) is 0. The van der Waals surface area contributed by atoms with Gasteiger partial charge >= 0.3 is 0 Å². The number of carbonyl (C=O) groups is 1. The van der Waals surface area contributed by atoms with Gasteiger partial charge in [0.15, 0.2) is 0 Å². The number of benzene rings is 2. The van der Waals surface area contributed by atoms with Crippen molar-refractivity contribution in [2.75, 3.05) is 19.6 Å². The number of carbonyl (C=O) groups excluding carboxylic acids is 1. The number of amides is 1. The van der Waals surface area contributed by atoms with Gasteiger partial charge < -0.3 is 4.90 Å². The summed E-state index contributed by atoms with van der Waals surface area (Å²) in [6, 6.07) is 21.2. The Balaban J connectivity index is 1.27. The molecule has 2 fully saturated rings. The van der Waals surface area contributed by atoms with Crippen LogP contribution in [0.5, 0.6) is 0 Å². The third-order valence-corrected chi connectivity index (χ3v) is 6.57. The average Bonchev–Trinajstić information content (AvgIpc) is 3.44. The van der Waals surface area contributed by atoms with Crippen molar-refractivity contribution in [2.24, 2.45) is 11.8 Å². The molecule has 154 valence electrons. The van der Waals surface area contributed by atoms with E-state index in [0.717, 1.165) is 32.7 Å². The lowest BCUT2D eigenvalue weighted by Gasteiger charge is -2.29. The van der Waals surface area contributed by atoms with E-state index in [-0.39, 0.29) is 11.9 Å². The second-order valence-corrected chi connectivity index (χ2v) is 8.68. The standard InChI is InChI=1S/C25H28N4O/c1-19(30)29-17-23-16-27(18-24(23)25(29)22-10-6-3-7-11-22)13-21-12-26-28(15-21)14-20-8-4-2-5-9-20/h2-12,15,23-25H,13-14,16-18H2,1H3/t23-,24-,25+/m1/s1. The molecule has 0 bridgehead atoms. The van der Waals surface area contributed by atoms with E-state index in [1.807, 2.05) is 23.0 Å². The highest BCUT2D eigenvalue weighted by Gasteiger charge is 2.48. The van der Waals surface area contributed by atoms with Crippen LogP contribution in [-0.4, -0.2) is 45.1 Å². The Morgan fingerprint density at radius 2 is 1.67 bits per heavy atom. The second kappa shape index (κ2) is 8.07. The Morgan fingerprint density at radius 1 is 0.933 bits per heavy atom. The fourth-order valence-corrected chi connectivity index (χ4v) is 5.27. The van der Waals surface area contributed by atoms with E-state index in [2.05, 4.69) is 69.6 Å². The fraction of sp³-hybridized carbons (Fsp3) is 0.360. The quantitative estimate of drug-likeness (QED) is 0.657. The Labute approximate surface area is 177 Å². The van der Waals surface area contributed by atoms with Gasteiger partial charge in [0.1, 0.15) is 0 Å². The summed E-state index contributed by atoms with van der Waals surface area (Å²) in [6.45, 7) is 6.36. The van der Waals surface area contributed by atoms with Crippen molar-refractivity contribution in [2.45, 2.75) is 26.1 Å². The summed E-state index contributed by atoms with van der Waals surface area (Å²) < 4.78 is 2.02. The normalized spacial score (nSPS) is 23.6. The van der Waals surface area contributed by atoms with E-state index in [1.165, 1.54) is 16.7 Å². The van der Waals surface area contributed by atoms with E-state index in [1.54, 1.807) is 6.92 Å².